The molecule has 1 unspecified atom stereocenters. The maximum absolute atomic E-state index is 5.97. The maximum atomic E-state index is 5.97. The predicted molar refractivity (Wildman–Crippen MR) is 129 cm³/mol. The van der Waals surface area contributed by atoms with E-state index in [2.05, 4.69) is 45.1 Å². The van der Waals surface area contributed by atoms with E-state index in [4.69, 9.17) is 26.3 Å². The van der Waals surface area contributed by atoms with Crippen LogP contribution in [0.1, 0.15) is 28.3 Å². The van der Waals surface area contributed by atoms with Crippen molar-refractivity contribution in [3.05, 3.63) is 94.0 Å². The van der Waals surface area contributed by atoms with Crippen molar-refractivity contribution >= 4 is 23.2 Å². The first-order chi connectivity index (χ1) is 16.1. The number of rotatable bonds is 7. The van der Waals surface area contributed by atoms with E-state index in [-0.39, 0.29) is 6.61 Å². The monoisotopic (exact) mass is 460 g/mol. The second-order valence-corrected chi connectivity index (χ2v) is 8.63. The molecule has 8 heteroatoms. The molecule has 1 aliphatic heterocycles. The van der Waals surface area contributed by atoms with Gasteiger partial charge in [-0.1, -0.05) is 41.9 Å². The predicted octanol–water partition coefficient (Wildman–Crippen LogP) is 4.74. The molecule has 33 heavy (non-hydrogen) atoms. The van der Waals surface area contributed by atoms with Crippen LogP contribution in [0.15, 0.2) is 60.7 Å². The van der Waals surface area contributed by atoms with Crippen LogP contribution in [0, 0.1) is 6.92 Å². The Balaban J connectivity index is 1.39. The number of hydrogen-bond acceptors (Lipinski definition) is 6. The van der Waals surface area contributed by atoms with Gasteiger partial charge in [0.2, 0.25) is 0 Å². The zero-order valence-electron chi connectivity index (χ0n) is 18.3. The van der Waals surface area contributed by atoms with Gasteiger partial charge in [0.25, 0.3) is 0 Å². The number of nitrogens with one attached hydrogen (secondary N) is 3. The first-order valence-electron chi connectivity index (χ1n) is 11.0. The molecule has 0 bridgehead atoms. The van der Waals surface area contributed by atoms with E-state index in [1.807, 2.05) is 31.2 Å². The van der Waals surface area contributed by atoms with Crippen LogP contribution >= 0.6 is 11.6 Å². The lowest BCUT2D eigenvalue weighted by Gasteiger charge is -2.27. The molecule has 4 aromatic rings. The van der Waals surface area contributed by atoms with E-state index < -0.39 is 0 Å². The Kier molecular flexibility index (Phi) is 6.24. The van der Waals surface area contributed by atoms with Crippen molar-refractivity contribution in [2.45, 2.75) is 39.0 Å². The summed E-state index contributed by atoms with van der Waals surface area (Å²) in [6, 6.07) is 20.1. The van der Waals surface area contributed by atoms with E-state index in [1.54, 1.807) is 12.1 Å². The quantitative estimate of drug-likeness (QED) is 0.369. The minimum absolute atomic E-state index is 0.261. The Morgan fingerprint density at radius 1 is 1.09 bits per heavy atom. The molecule has 1 atom stereocenters. The number of nitrogens with zero attached hydrogens (tertiary/aromatic N) is 3. The number of anilines is 2. The van der Waals surface area contributed by atoms with Gasteiger partial charge in [0.15, 0.2) is 11.6 Å². The van der Waals surface area contributed by atoms with Crippen LogP contribution in [0.25, 0.3) is 0 Å². The second-order valence-electron chi connectivity index (χ2n) is 8.19. The molecule has 168 valence electrons. The number of benzene rings is 2. The molecular formula is C25H25ClN6O. The number of aromatic amines is 1. The highest BCUT2D eigenvalue weighted by atomic mass is 35.5. The SMILES string of the molecule is Cc1cc(Nc2nc(COc3ccc(Cl)cc3)nc3c2CC(Cc2ccccc2)NC3)n[nH]1. The number of H-pyrrole nitrogens is 1. The van der Waals surface area contributed by atoms with Crippen molar-refractivity contribution in [3.8, 4) is 5.75 Å². The van der Waals surface area contributed by atoms with Gasteiger partial charge in [-0.2, -0.15) is 5.10 Å². The number of fused-ring (bicyclic) bond motifs is 1. The summed E-state index contributed by atoms with van der Waals surface area (Å²) < 4.78 is 5.89. The van der Waals surface area contributed by atoms with Crippen LogP contribution in [-0.4, -0.2) is 26.2 Å². The summed E-state index contributed by atoms with van der Waals surface area (Å²) in [5.74, 6) is 2.85. The second kappa shape index (κ2) is 9.60. The lowest BCUT2D eigenvalue weighted by atomic mass is 9.94. The summed E-state index contributed by atoms with van der Waals surface area (Å²) in [5.41, 5.74) is 4.39. The highest BCUT2D eigenvalue weighted by Crippen LogP contribution is 2.27. The molecule has 2 aromatic carbocycles. The Morgan fingerprint density at radius 3 is 2.67 bits per heavy atom. The van der Waals surface area contributed by atoms with E-state index in [0.29, 0.717) is 23.4 Å². The van der Waals surface area contributed by atoms with Crippen LogP contribution in [0.2, 0.25) is 5.02 Å². The van der Waals surface area contributed by atoms with Crippen LogP contribution in [0.3, 0.4) is 0 Å². The molecular weight excluding hydrogens is 436 g/mol. The molecule has 0 saturated heterocycles. The van der Waals surface area contributed by atoms with Gasteiger partial charge < -0.3 is 15.4 Å². The summed E-state index contributed by atoms with van der Waals surface area (Å²) in [5, 5.41) is 15.0. The molecule has 7 nitrogen and oxygen atoms in total. The number of hydrogen-bond donors (Lipinski definition) is 3. The third-order valence-corrected chi connectivity index (χ3v) is 5.86. The number of ether oxygens (including phenoxy) is 1. The van der Waals surface area contributed by atoms with Crippen LogP contribution in [0.5, 0.6) is 5.75 Å². The Labute approximate surface area is 197 Å². The van der Waals surface area contributed by atoms with E-state index in [0.717, 1.165) is 47.2 Å². The van der Waals surface area contributed by atoms with Crippen LogP contribution in [-0.2, 0) is 26.0 Å². The highest BCUT2D eigenvalue weighted by Gasteiger charge is 2.24. The Hall–Kier alpha value is -3.42. The summed E-state index contributed by atoms with van der Waals surface area (Å²) in [6.07, 6.45) is 1.77. The van der Waals surface area contributed by atoms with Gasteiger partial charge in [0.05, 0.1) is 5.69 Å². The van der Waals surface area contributed by atoms with Crippen LogP contribution in [0.4, 0.5) is 11.6 Å². The minimum Gasteiger partial charge on any atom is -0.486 e. The molecule has 0 spiro atoms. The molecule has 5 rings (SSSR count). The van der Waals surface area contributed by atoms with Crippen molar-refractivity contribution in [3.63, 3.8) is 0 Å². The van der Waals surface area contributed by atoms with Crippen molar-refractivity contribution in [2.75, 3.05) is 5.32 Å². The molecule has 3 N–H and O–H groups in total. The fourth-order valence-corrected chi connectivity index (χ4v) is 4.12. The largest absolute Gasteiger partial charge is 0.486 e. The standard InChI is InChI=1S/C25H25ClN6O/c1-16-11-23(32-31-16)29-25-21-13-19(12-17-5-3-2-4-6-17)27-14-22(21)28-24(30-25)15-33-20-9-7-18(26)8-10-20/h2-11,19,27H,12-15H2,1H3,(H2,28,29,30,31,32). The summed E-state index contributed by atoms with van der Waals surface area (Å²) >= 11 is 5.97. The van der Waals surface area contributed by atoms with E-state index >= 15 is 0 Å². The summed E-state index contributed by atoms with van der Waals surface area (Å²) in [7, 11) is 0. The zero-order chi connectivity index (χ0) is 22.6. The average molecular weight is 461 g/mol. The van der Waals surface area contributed by atoms with Gasteiger partial charge in [0, 0.05) is 34.9 Å². The number of aryl methyl sites for hydroxylation is 1. The van der Waals surface area contributed by atoms with Gasteiger partial charge in [-0.25, -0.2) is 9.97 Å². The first kappa shape index (κ1) is 21.4. The number of halogens is 1. The third-order valence-electron chi connectivity index (χ3n) is 5.61. The maximum Gasteiger partial charge on any atom is 0.168 e. The van der Waals surface area contributed by atoms with E-state index in [1.165, 1.54) is 5.56 Å². The van der Waals surface area contributed by atoms with Gasteiger partial charge in [-0.3, -0.25) is 5.10 Å². The third kappa shape index (κ3) is 5.32. The van der Waals surface area contributed by atoms with Gasteiger partial charge in [0.1, 0.15) is 18.2 Å². The molecule has 1 aliphatic rings. The van der Waals surface area contributed by atoms with Crippen LogP contribution < -0.4 is 15.4 Å². The summed E-state index contributed by atoms with van der Waals surface area (Å²) in [6.45, 7) is 2.91. The molecule has 3 heterocycles. The number of aromatic nitrogens is 4. The van der Waals surface area contributed by atoms with Crippen molar-refractivity contribution in [2.24, 2.45) is 0 Å². The van der Waals surface area contributed by atoms with Crippen molar-refractivity contribution in [1.29, 1.82) is 0 Å². The zero-order valence-corrected chi connectivity index (χ0v) is 19.1. The molecule has 0 amide bonds. The molecule has 2 aromatic heterocycles. The Bertz CT molecular complexity index is 1230. The normalized spacial score (nSPS) is 15.2. The Morgan fingerprint density at radius 2 is 1.91 bits per heavy atom. The minimum atomic E-state index is 0.261. The van der Waals surface area contributed by atoms with Crippen molar-refractivity contribution < 1.29 is 4.74 Å². The van der Waals surface area contributed by atoms with Gasteiger partial charge in [-0.05, 0) is 49.6 Å². The van der Waals surface area contributed by atoms with Gasteiger partial charge in [-0.15, -0.1) is 0 Å². The lowest BCUT2D eigenvalue weighted by molar-refractivity contribution is 0.294. The lowest BCUT2D eigenvalue weighted by Crippen LogP contribution is -2.38. The van der Waals surface area contributed by atoms with Gasteiger partial charge >= 0.3 is 0 Å². The first-order valence-corrected chi connectivity index (χ1v) is 11.3. The summed E-state index contributed by atoms with van der Waals surface area (Å²) in [4.78, 5) is 9.61. The topological polar surface area (TPSA) is 87.8 Å². The van der Waals surface area contributed by atoms with Crippen molar-refractivity contribution in [1.82, 2.24) is 25.5 Å². The molecule has 0 aliphatic carbocycles. The molecule has 0 fully saturated rings. The highest BCUT2D eigenvalue weighted by molar-refractivity contribution is 6.30. The van der Waals surface area contributed by atoms with E-state index in [9.17, 15) is 0 Å². The molecule has 0 saturated carbocycles. The molecule has 0 radical (unpaired) electrons. The fourth-order valence-electron chi connectivity index (χ4n) is 3.99. The fraction of sp³-hybridized carbons (Fsp3) is 0.240. The average Bonchev–Trinajstić information content (AvgIpc) is 3.24. The smallest absolute Gasteiger partial charge is 0.168 e.